The van der Waals surface area contributed by atoms with Crippen molar-refractivity contribution in [2.24, 2.45) is 5.92 Å². The molecule has 0 radical (unpaired) electrons. The molecule has 3 aliphatic rings. The number of ether oxygens (including phenoxy) is 1. The summed E-state index contributed by atoms with van der Waals surface area (Å²) in [6.07, 6.45) is 4.69. The quantitative estimate of drug-likeness (QED) is 0.816. The van der Waals surface area contributed by atoms with Gasteiger partial charge < -0.3 is 14.8 Å². The Morgan fingerprint density at radius 2 is 2.03 bits per heavy atom. The van der Waals surface area contributed by atoms with Crippen LogP contribution in [-0.2, 0) is 18.3 Å². The van der Waals surface area contributed by atoms with E-state index in [-0.39, 0.29) is 11.6 Å². The lowest BCUT2D eigenvalue weighted by molar-refractivity contribution is -0.139. The fourth-order valence-corrected chi connectivity index (χ4v) is 6.06. The predicted molar refractivity (Wildman–Crippen MR) is 117 cm³/mol. The highest BCUT2D eigenvalue weighted by atomic mass is 16.5. The summed E-state index contributed by atoms with van der Waals surface area (Å²) in [6, 6.07) is 9.71. The maximum absolute atomic E-state index is 12.5. The summed E-state index contributed by atoms with van der Waals surface area (Å²) in [4.78, 5) is 17.7. The van der Waals surface area contributed by atoms with Gasteiger partial charge in [-0.3, -0.25) is 9.69 Å². The Bertz CT molecular complexity index is 1030. The normalized spacial score (nSPS) is 31.1. The summed E-state index contributed by atoms with van der Waals surface area (Å²) in [5, 5.41) is 12.5. The number of aromatic nitrogens is 1. The number of rotatable bonds is 4. The Morgan fingerprint density at radius 3 is 2.77 bits per heavy atom. The molecular formula is C25H32N2O3. The Balaban J connectivity index is 1.68. The Kier molecular flexibility index (Phi) is 4.60. The molecule has 2 fully saturated rings. The van der Waals surface area contributed by atoms with Gasteiger partial charge in [0.2, 0.25) is 5.56 Å². The third kappa shape index (κ3) is 2.94. The van der Waals surface area contributed by atoms with Crippen molar-refractivity contribution in [2.75, 3.05) is 20.2 Å². The lowest BCUT2D eigenvalue weighted by Gasteiger charge is -2.60. The minimum atomic E-state index is -0.914. The zero-order chi connectivity index (χ0) is 21.1. The molecule has 5 rings (SSSR count). The van der Waals surface area contributed by atoms with Gasteiger partial charge in [0.15, 0.2) is 0 Å². The molecule has 2 N–H and O–H groups in total. The largest absolute Gasteiger partial charge is 0.497 e. The zero-order valence-corrected chi connectivity index (χ0v) is 18.2. The van der Waals surface area contributed by atoms with E-state index in [4.69, 9.17) is 4.74 Å². The molecule has 0 spiro atoms. The standard InChI is InChI=1S/C25H32N2O3/c1-16-4-8-20(30-3)12-21(16)24-10-11-27(15-18-5-6-18)17(2)25(24,29)13-19-7-9-23(28)26-22(19)14-24/h4,7-9,12,17-18,29H,5-6,10-11,13-15H2,1-3H3,(H,26,28). The second-order valence-corrected chi connectivity index (χ2v) is 9.73. The number of hydrogen-bond donors (Lipinski definition) is 2. The first kappa shape index (κ1) is 19.8. The molecular weight excluding hydrogens is 376 g/mol. The van der Waals surface area contributed by atoms with E-state index in [1.807, 2.05) is 12.1 Å². The monoisotopic (exact) mass is 408 g/mol. The molecule has 1 aromatic carbocycles. The van der Waals surface area contributed by atoms with Gasteiger partial charge in [0.1, 0.15) is 5.75 Å². The van der Waals surface area contributed by atoms with Crippen molar-refractivity contribution in [3.63, 3.8) is 0 Å². The molecule has 5 nitrogen and oxygen atoms in total. The molecule has 2 aromatic rings. The number of piperidine rings is 1. The molecule has 1 saturated heterocycles. The number of fused-ring (bicyclic) bond motifs is 2. The molecule has 0 bridgehead atoms. The number of aryl methyl sites for hydroxylation is 1. The van der Waals surface area contributed by atoms with Crippen LogP contribution in [0, 0.1) is 12.8 Å². The van der Waals surface area contributed by atoms with Crippen LogP contribution in [0.4, 0.5) is 0 Å². The molecule has 1 aliphatic heterocycles. The Hall–Kier alpha value is -2.11. The van der Waals surface area contributed by atoms with Gasteiger partial charge in [0.25, 0.3) is 0 Å². The summed E-state index contributed by atoms with van der Waals surface area (Å²) in [7, 11) is 1.69. The number of benzene rings is 1. The van der Waals surface area contributed by atoms with Crippen molar-refractivity contribution >= 4 is 0 Å². The second kappa shape index (κ2) is 6.96. The summed E-state index contributed by atoms with van der Waals surface area (Å²) in [5.41, 5.74) is 2.91. The SMILES string of the molecule is COc1ccc(C)c(C23CCN(CC4CC4)C(C)C2(O)Cc2ccc(=O)[nH]c2C3)c1. The van der Waals surface area contributed by atoms with Crippen LogP contribution in [0.3, 0.4) is 0 Å². The van der Waals surface area contributed by atoms with Crippen molar-refractivity contribution < 1.29 is 9.84 Å². The number of pyridine rings is 1. The van der Waals surface area contributed by atoms with Gasteiger partial charge in [0, 0.05) is 42.6 Å². The highest BCUT2D eigenvalue weighted by Gasteiger charge is 2.61. The number of aliphatic hydroxyl groups is 1. The van der Waals surface area contributed by atoms with Crippen molar-refractivity contribution in [3.8, 4) is 5.75 Å². The van der Waals surface area contributed by atoms with E-state index < -0.39 is 11.0 Å². The van der Waals surface area contributed by atoms with Crippen LogP contribution in [0.5, 0.6) is 5.75 Å². The number of likely N-dealkylation sites (tertiary alicyclic amines) is 1. The number of nitrogens with one attached hydrogen (secondary N) is 1. The Labute approximate surface area is 178 Å². The van der Waals surface area contributed by atoms with E-state index >= 15 is 0 Å². The van der Waals surface area contributed by atoms with Crippen molar-refractivity contribution in [1.82, 2.24) is 9.88 Å². The summed E-state index contributed by atoms with van der Waals surface area (Å²) < 4.78 is 5.56. The van der Waals surface area contributed by atoms with Gasteiger partial charge in [0.05, 0.1) is 12.7 Å². The molecule has 3 atom stereocenters. The average Bonchev–Trinajstić information content (AvgIpc) is 3.55. The van der Waals surface area contributed by atoms with E-state index in [9.17, 15) is 9.90 Å². The first-order valence-electron chi connectivity index (χ1n) is 11.2. The van der Waals surface area contributed by atoms with E-state index in [1.165, 1.54) is 18.4 Å². The molecule has 0 amide bonds. The summed E-state index contributed by atoms with van der Waals surface area (Å²) in [6.45, 7) is 6.36. The van der Waals surface area contributed by atoms with E-state index in [1.54, 1.807) is 13.2 Å². The topological polar surface area (TPSA) is 65.6 Å². The first-order chi connectivity index (χ1) is 14.4. The van der Waals surface area contributed by atoms with Gasteiger partial charge >= 0.3 is 0 Å². The molecule has 5 heteroatoms. The fraction of sp³-hybridized carbons (Fsp3) is 0.560. The Morgan fingerprint density at radius 1 is 1.23 bits per heavy atom. The highest BCUT2D eigenvalue weighted by Crippen LogP contribution is 2.53. The third-order valence-corrected chi connectivity index (χ3v) is 8.08. The van der Waals surface area contributed by atoms with Gasteiger partial charge in [-0.15, -0.1) is 0 Å². The van der Waals surface area contributed by atoms with Crippen LogP contribution in [0.25, 0.3) is 0 Å². The summed E-state index contributed by atoms with van der Waals surface area (Å²) >= 11 is 0. The minimum absolute atomic E-state index is 0.0394. The van der Waals surface area contributed by atoms with Crippen LogP contribution in [0.1, 0.15) is 48.6 Å². The highest BCUT2D eigenvalue weighted by molar-refractivity contribution is 5.47. The van der Waals surface area contributed by atoms with Crippen LogP contribution >= 0.6 is 0 Å². The first-order valence-corrected chi connectivity index (χ1v) is 11.2. The van der Waals surface area contributed by atoms with Crippen molar-refractivity contribution in [3.05, 3.63) is 63.1 Å². The van der Waals surface area contributed by atoms with Gasteiger partial charge in [-0.25, -0.2) is 0 Å². The smallest absolute Gasteiger partial charge is 0.248 e. The van der Waals surface area contributed by atoms with Crippen LogP contribution in [0.2, 0.25) is 0 Å². The predicted octanol–water partition coefficient (Wildman–Crippen LogP) is 2.96. The van der Waals surface area contributed by atoms with Gasteiger partial charge in [-0.2, -0.15) is 0 Å². The summed E-state index contributed by atoms with van der Waals surface area (Å²) in [5.74, 6) is 1.60. The minimum Gasteiger partial charge on any atom is -0.497 e. The number of aromatic amines is 1. The number of methoxy groups -OCH3 is 1. The molecule has 1 aromatic heterocycles. The molecule has 30 heavy (non-hydrogen) atoms. The van der Waals surface area contributed by atoms with Crippen LogP contribution in [0.15, 0.2) is 35.1 Å². The lowest BCUT2D eigenvalue weighted by atomic mass is 9.53. The zero-order valence-electron chi connectivity index (χ0n) is 18.2. The van der Waals surface area contributed by atoms with Crippen molar-refractivity contribution in [2.45, 2.75) is 63.0 Å². The molecule has 160 valence electrons. The third-order valence-electron chi connectivity index (χ3n) is 8.08. The maximum atomic E-state index is 12.5. The fourth-order valence-electron chi connectivity index (χ4n) is 6.06. The van der Waals surface area contributed by atoms with E-state index in [2.05, 4.69) is 35.9 Å². The van der Waals surface area contributed by atoms with Crippen LogP contribution in [-0.4, -0.2) is 46.8 Å². The van der Waals surface area contributed by atoms with Gasteiger partial charge in [-0.05, 0) is 74.4 Å². The molecule has 1 saturated carbocycles. The van der Waals surface area contributed by atoms with E-state index in [0.717, 1.165) is 48.0 Å². The second-order valence-electron chi connectivity index (χ2n) is 9.73. The average molecular weight is 409 g/mol. The molecule has 2 heterocycles. The number of hydrogen-bond acceptors (Lipinski definition) is 4. The number of H-pyrrole nitrogens is 1. The molecule has 2 aliphatic carbocycles. The number of nitrogens with zero attached hydrogens (tertiary/aromatic N) is 1. The van der Waals surface area contributed by atoms with E-state index in [0.29, 0.717) is 12.8 Å². The molecule has 3 unspecified atom stereocenters. The van der Waals surface area contributed by atoms with Crippen LogP contribution < -0.4 is 10.3 Å². The van der Waals surface area contributed by atoms with Crippen molar-refractivity contribution in [1.29, 1.82) is 0 Å². The lowest BCUT2D eigenvalue weighted by Crippen LogP contribution is -2.71. The maximum Gasteiger partial charge on any atom is 0.248 e. The van der Waals surface area contributed by atoms with Gasteiger partial charge in [-0.1, -0.05) is 12.1 Å².